The Morgan fingerprint density at radius 2 is 0.731 bits per heavy atom. The number of phenolic OH excluding ortho intramolecular Hbond substituents is 1. The van der Waals surface area contributed by atoms with Gasteiger partial charge in [0.2, 0.25) is 0 Å². The highest BCUT2D eigenvalue weighted by Crippen LogP contribution is 2.38. The van der Waals surface area contributed by atoms with E-state index in [9.17, 15) is 5.11 Å². The maximum atomic E-state index is 11.3. The summed E-state index contributed by atoms with van der Waals surface area (Å²) in [5, 5.41) is 11.3. The molecular formula is C25H44O. The normalized spacial score (nSPS) is 11.3. The van der Waals surface area contributed by atoms with Gasteiger partial charge in [-0.1, -0.05) is 66.7 Å². The Balaban J connectivity index is 3.57. The van der Waals surface area contributed by atoms with Gasteiger partial charge >= 0.3 is 0 Å². The largest absolute Gasteiger partial charge is 0.507 e. The summed E-state index contributed by atoms with van der Waals surface area (Å²) in [5.41, 5.74) is 7.26. The van der Waals surface area contributed by atoms with Crippen LogP contribution in [0.2, 0.25) is 0 Å². The summed E-state index contributed by atoms with van der Waals surface area (Å²) in [7, 11) is 0. The summed E-state index contributed by atoms with van der Waals surface area (Å²) < 4.78 is 0. The van der Waals surface area contributed by atoms with Crippen molar-refractivity contribution in [3.8, 4) is 5.75 Å². The van der Waals surface area contributed by atoms with E-state index in [0.717, 1.165) is 32.1 Å². The zero-order valence-electron chi connectivity index (χ0n) is 18.3. The third kappa shape index (κ3) is 6.32. The molecule has 0 unspecified atom stereocenters. The Bertz CT molecular complexity index is 516. The average molecular weight is 361 g/mol. The smallest absolute Gasteiger partial charge is 0.122 e. The van der Waals surface area contributed by atoms with Crippen molar-refractivity contribution in [3.63, 3.8) is 0 Å². The SMILES string of the molecule is CCCCc1c(O)c(CCC)c(CCCC)c(CCCC)c1CCCC. The van der Waals surface area contributed by atoms with E-state index in [4.69, 9.17) is 0 Å². The molecule has 0 fully saturated rings. The van der Waals surface area contributed by atoms with Crippen LogP contribution in [0.4, 0.5) is 0 Å². The molecule has 1 aromatic rings. The standard InChI is InChI=1S/C25H44O/c1-6-11-16-20-21(17-12-7-2)23(15-10-5)25(26)24(19-14-9-4)22(20)18-13-8-3/h26H,6-19H2,1-5H3. The van der Waals surface area contributed by atoms with E-state index in [1.807, 2.05) is 0 Å². The third-order valence-corrected chi connectivity index (χ3v) is 5.65. The number of phenols is 1. The molecule has 0 radical (unpaired) electrons. The lowest BCUT2D eigenvalue weighted by molar-refractivity contribution is 0.455. The number of hydrogen-bond acceptors (Lipinski definition) is 1. The van der Waals surface area contributed by atoms with Crippen LogP contribution in [0.25, 0.3) is 0 Å². The maximum absolute atomic E-state index is 11.3. The summed E-state index contributed by atoms with van der Waals surface area (Å²) >= 11 is 0. The van der Waals surface area contributed by atoms with Crippen molar-refractivity contribution in [2.75, 3.05) is 0 Å². The fourth-order valence-electron chi connectivity index (χ4n) is 4.12. The van der Waals surface area contributed by atoms with Crippen LogP contribution >= 0.6 is 0 Å². The number of benzene rings is 1. The minimum atomic E-state index is 0.665. The molecule has 1 aromatic carbocycles. The molecule has 0 saturated heterocycles. The first-order valence-corrected chi connectivity index (χ1v) is 11.5. The van der Waals surface area contributed by atoms with Gasteiger partial charge in [-0.25, -0.2) is 0 Å². The van der Waals surface area contributed by atoms with E-state index in [1.54, 1.807) is 5.56 Å². The van der Waals surface area contributed by atoms with E-state index >= 15 is 0 Å². The Morgan fingerprint density at radius 3 is 1.08 bits per heavy atom. The molecule has 0 aliphatic carbocycles. The molecule has 0 heterocycles. The molecule has 1 N–H and O–H groups in total. The zero-order chi connectivity index (χ0) is 19.4. The summed E-state index contributed by atoms with van der Waals surface area (Å²) in [6.45, 7) is 11.3. The molecule has 0 spiro atoms. The van der Waals surface area contributed by atoms with Crippen LogP contribution in [-0.2, 0) is 32.1 Å². The summed E-state index contributed by atoms with van der Waals surface area (Å²) in [6.07, 6.45) is 16.5. The van der Waals surface area contributed by atoms with Gasteiger partial charge in [0.25, 0.3) is 0 Å². The van der Waals surface area contributed by atoms with E-state index < -0.39 is 0 Å². The quantitative estimate of drug-likeness (QED) is 0.360. The van der Waals surface area contributed by atoms with Crippen LogP contribution in [0.15, 0.2) is 0 Å². The van der Waals surface area contributed by atoms with Crippen LogP contribution in [-0.4, -0.2) is 5.11 Å². The fourth-order valence-corrected chi connectivity index (χ4v) is 4.12. The molecule has 1 rings (SSSR count). The third-order valence-electron chi connectivity index (χ3n) is 5.65. The molecule has 0 aromatic heterocycles. The van der Waals surface area contributed by atoms with Crippen LogP contribution in [0, 0.1) is 0 Å². The van der Waals surface area contributed by atoms with E-state index in [0.29, 0.717) is 5.75 Å². The van der Waals surface area contributed by atoms with Gasteiger partial charge in [-0.3, -0.25) is 0 Å². The van der Waals surface area contributed by atoms with Gasteiger partial charge in [0, 0.05) is 0 Å². The Kier molecular flexibility index (Phi) is 11.7. The highest BCUT2D eigenvalue weighted by molar-refractivity contribution is 5.56. The van der Waals surface area contributed by atoms with Gasteiger partial charge in [-0.2, -0.15) is 0 Å². The van der Waals surface area contributed by atoms with Crippen molar-refractivity contribution >= 4 is 0 Å². The van der Waals surface area contributed by atoms with Crippen molar-refractivity contribution in [2.24, 2.45) is 0 Å². The lowest BCUT2D eigenvalue weighted by Gasteiger charge is -2.25. The Morgan fingerprint density at radius 1 is 0.423 bits per heavy atom. The first kappa shape index (κ1) is 23.1. The summed E-state index contributed by atoms with van der Waals surface area (Å²) in [4.78, 5) is 0. The molecule has 0 aliphatic rings. The molecule has 0 atom stereocenters. The van der Waals surface area contributed by atoms with Gasteiger partial charge in [-0.05, 0) is 85.6 Å². The van der Waals surface area contributed by atoms with Gasteiger partial charge in [-0.15, -0.1) is 0 Å². The number of hydrogen-bond donors (Lipinski definition) is 1. The van der Waals surface area contributed by atoms with Gasteiger partial charge < -0.3 is 5.11 Å². The maximum Gasteiger partial charge on any atom is 0.122 e. The van der Waals surface area contributed by atoms with E-state index in [-0.39, 0.29) is 0 Å². The van der Waals surface area contributed by atoms with Crippen molar-refractivity contribution in [1.29, 1.82) is 0 Å². The zero-order valence-corrected chi connectivity index (χ0v) is 18.3. The van der Waals surface area contributed by atoms with Crippen molar-refractivity contribution in [1.82, 2.24) is 0 Å². The van der Waals surface area contributed by atoms with Gasteiger partial charge in [0.05, 0.1) is 0 Å². The Hall–Kier alpha value is -0.980. The van der Waals surface area contributed by atoms with Gasteiger partial charge in [0.15, 0.2) is 0 Å². The second-order valence-corrected chi connectivity index (χ2v) is 7.91. The summed E-state index contributed by atoms with van der Waals surface area (Å²) in [5.74, 6) is 0.665. The molecule has 1 heteroatoms. The molecule has 150 valence electrons. The lowest BCUT2D eigenvalue weighted by atomic mass is 9.81. The van der Waals surface area contributed by atoms with E-state index in [1.165, 1.54) is 80.0 Å². The van der Waals surface area contributed by atoms with Crippen LogP contribution in [0.5, 0.6) is 5.75 Å². The molecule has 26 heavy (non-hydrogen) atoms. The molecule has 0 amide bonds. The average Bonchev–Trinajstić information content (AvgIpc) is 2.65. The minimum absolute atomic E-state index is 0.665. The Labute approximate surface area is 163 Å². The van der Waals surface area contributed by atoms with Crippen molar-refractivity contribution in [3.05, 3.63) is 27.8 Å². The predicted molar refractivity (Wildman–Crippen MR) is 117 cm³/mol. The highest BCUT2D eigenvalue weighted by Gasteiger charge is 2.22. The van der Waals surface area contributed by atoms with Crippen LogP contribution in [0.3, 0.4) is 0 Å². The lowest BCUT2D eigenvalue weighted by Crippen LogP contribution is -2.11. The van der Waals surface area contributed by atoms with Crippen LogP contribution in [0.1, 0.15) is 120 Å². The molecular weight excluding hydrogens is 316 g/mol. The predicted octanol–water partition coefficient (Wildman–Crippen LogP) is 7.72. The second kappa shape index (κ2) is 13.2. The van der Waals surface area contributed by atoms with E-state index in [2.05, 4.69) is 34.6 Å². The monoisotopic (exact) mass is 360 g/mol. The van der Waals surface area contributed by atoms with Gasteiger partial charge in [0.1, 0.15) is 5.75 Å². The number of unbranched alkanes of at least 4 members (excludes halogenated alkanes) is 4. The summed E-state index contributed by atoms with van der Waals surface area (Å²) in [6, 6.07) is 0. The van der Waals surface area contributed by atoms with Crippen LogP contribution < -0.4 is 0 Å². The molecule has 1 nitrogen and oxygen atoms in total. The number of aromatic hydroxyl groups is 1. The van der Waals surface area contributed by atoms with Crippen molar-refractivity contribution in [2.45, 2.75) is 125 Å². The topological polar surface area (TPSA) is 20.2 Å². The fraction of sp³-hybridized carbons (Fsp3) is 0.760. The second-order valence-electron chi connectivity index (χ2n) is 7.91. The molecule has 0 aliphatic heterocycles. The highest BCUT2D eigenvalue weighted by atomic mass is 16.3. The minimum Gasteiger partial charge on any atom is -0.507 e. The first-order valence-electron chi connectivity index (χ1n) is 11.5. The molecule has 0 saturated carbocycles. The molecule has 0 bridgehead atoms. The first-order chi connectivity index (χ1) is 12.7. The number of rotatable bonds is 14. The van der Waals surface area contributed by atoms with Crippen molar-refractivity contribution < 1.29 is 5.11 Å².